The molecule has 0 saturated carbocycles. The van der Waals surface area contributed by atoms with Gasteiger partial charge in [-0.3, -0.25) is 4.90 Å². The summed E-state index contributed by atoms with van der Waals surface area (Å²) in [6, 6.07) is 16.7. The second-order valence-corrected chi connectivity index (χ2v) is 14.1. The third-order valence-electron chi connectivity index (χ3n) is 9.83. The van der Waals surface area contributed by atoms with Gasteiger partial charge in [-0.25, -0.2) is 19.4 Å². The average molecular weight is 655 g/mol. The quantitative estimate of drug-likeness (QED) is 0.269. The SMILES string of the molecule is COc1ccc(Oc2ccc(-c3nn(C4CCN(C5CCN(C6CN(C(=O)OC(C)(C)C)C6)CC5)CC4)c4ncnc(N)c34)cc2)cc1. The summed E-state index contributed by atoms with van der Waals surface area (Å²) in [6.07, 6.45) is 5.65. The molecular weight excluding hydrogens is 608 g/mol. The molecule has 5 heterocycles. The minimum Gasteiger partial charge on any atom is -0.497 e. The van der Waals surface area contributed by atoms with E-state index in [1.165, 1.54) is 6.33 Å². The number of nitrogens with two attached hydrogens (primary N) is 1. The molecule has 254 valence electrons. The maximum atomic E-state index is 12.4. The van der Waals surface area contributed by atoms with Crippen molar-refractivity contribution in [2.45, 2.75) is 70.2 Å². The fourth-order valence-corrected chi connectivity index (χ4v) is 7.19. The Morgan fingerprint density at radius 1 is 0.792 bits per heavy atom. The second-order valence-electron chi connectivity index (χ2n) is 14.1. The Hall–Kier alpha value is -4.42. The second kappa shape index (κ2) is 13.2. The molecule has 3 aliphatic heterocycles. The van der Waals surface area contributed by atoms with E-state index in [-0.39, 0.29) is 12.1 Å². The van der Waals surface area contributed by atoms with E-state index in [4.69, 9.17) is 25.0 Å². The Balaban J connectivity index is 0.959. The van der Waals surface area contributed by atoms with Crippen molar-refractivity contribution in [3.05, 3.63) is 54.9 Å². The monoisotopic (exact) mass is 654 g/mol. The molecule has 0 unspecified atom stereocenters. The van der Waals surface area contributed by atoms with Gasteiger partial charge in [-0.1, -0.05) is 0 Å². The molecule has 3 fully saturated rings. The zero-order valence-electron chi connectivity index (χ0n) is 28.3. The largest absolute Gasteiger partial charge is 0.497 e. The third-order valence-corrected chi connectivity index (χ3v) is 9.83. The summed E-state index contributed by atoms with van der Waals surface area (Å²) in [7, 11) is 1.65. The predicted octanol–water partition coefficient (Wildman–Crippen LogP) is 5.60. The molecule has 4 aromatic rings. The molecule has 3 aliphatic rings. The zero-order chi connectivity index (χ0) is 33.4. The highest BCUT2D eigenvalue weighted by Crippen LogP contribution is 2.36. The number of aromatic nitrogens is 4. The summed E-state index contributed by atoms with van der Waals surface area (Å²) in [4.78, 5) is 28.4. The molecule has 7 rings (SSSR count). The van der Waals surface area contributed by atoms with Gasteiger partial charge in [0, 0.05) is 56.9 Å². The fraction of sp³-hybridized carbons (Fsp3) is 0.500. The van der Waals surface area contributed by atoms with Gasteiger partial charge in [0.05, 0.1) is 18.5 Å². The molecule has 0 atom stereocenters. The van der Waals surface area contributed by atoms with E-state index < -0.39 is 5.60 Å². The summed E-state index contributed by atoms with van der Waals surface area (Å²) in [6.45, 7) is 11.5. The number of rotatable bonds is 7. The lowest BCUT2D eigenvalue weighted by Gasteiger charge is -2.49. The van der Waals surface area contributed by atoms with Crippen LogP contribution in [0.5, 0.6) is 17.2 Å². The summed E-state index contributed by atoms with van der Waals surface area (Å²) >= 11 is 0. The van der Waals surface area contributed by atoms with Crippen molar-refractivity contribution < 1.29 is 19.0 Å². The number of hydrogen-bond donors (Lipinski definition) is 1. The van der Waals surface area contributed by atoms with Crippen LogP contribution in [-0.2, 0) is 4.74 Å². The van der Waals surface area contributed by atoms with Gasteiger partial charge in [-0.2, -0.15) is 5.10 Å². The van der Waals surface area contributed by atoms with Gasteiger partial charge in [0.25, 0.3) is 0 Å². The minimum atomic E-state index is -0.455. The van der Waals surface area contributed by atoms with E-state index >= 15 is 0 Å². The van der Waals surface area contributed by atoms with Gasteiger partial charge in [-0.05, 0) is 95.0 Å². The Morgan fingerprint density at radius 2 is 1.35 bits per heavy atom. The van der Waals surface area contributed by atoms with Crippen molar-refractivity contribution in [3.63, 3.8) is 0 Å². The van der Waals surface area contributed by atoms with Crippen LogP contribution in [0.15, 0.2) is 54.9 Å². The number of ether oxygens (including phenoxy) is 3. The van der Waals surface area contributed by atoms with Crippen LogP contribution in [0.2, 0.25) is 0 Å². The van der Waals surface area contributed by atoms with Crippen LogP contribution < -0.4 is 15.2 Å². The van der Waals surface area contributed by atoms with Crippen molar-refractivity contribution in [3.8, 4) is 28.5 Å². The molecule has 2 aromatic carbocycles. The van der Waals surface area contributed by atoms with Crippen molar-refractivity contribution in [2.75, 3.05) is 52.1 Å². The van der Waals surface area contributed by atoms with E-state index in [2.05, 4.69) is 24.4 Å². The van der Waals surface area contributed by atoms with Crippen molar-refractivity contribution in [2.24, 2.45) is 0 Å². The number of nitrogens with zero attached hydrogens (tertiary/aromatic N) is 7. The lowest BCUT2D eigenvalue weighted by Crippen LogP contribution is -2.63. The van der Waals surface area contributed by atoms with Crippen LogP contribution in [-0.4, -0.2) is 105 Å². The molecular formula is C36H46N8O4. The maximum absolute atomic E-state index is 12.4. The molecule has 12 nitrogen and oxygen atoms in total. The molecule has 2 aromatic heterocycles. The Bertz CT molecular complexity index is 1710. The normalized spacial score (nSPS) is 19.0. The van der Waals surface area contributed by atoms with Crippen molar-refractivity contribution in [1.29, 1.82) is 0 Å². The highest BCUT2D eigenvalue weighted by Gasteiger charge is 2.39. The number of amides is 1. The summed E-state index contributed by atoms with van der Waals surface area (Å²) < 4.78 is 18.9. The van der Waals surface area contributed by atoms with E-state index in [0.29, 0.717) is 17.9 Å². The first kappa shape index (κ1) is 32.1. The van der Waals surface area contributed by atoms with E-state index in [1.54, 1.807) is 7.11 Å². The maximum Gasteiger partial charge on any atom is 0.410 e. The summed E-state index contributed by atoms with van der Waals surface area (Å²) in [5.74, 6) is 2.68. The fourth-order valence-electron chi connectivity index (χ4n) is 7.19. The lowest BCUT2D eigenvalue weighted by atomic mass is 9.96. The van der Waals surface area contributed by atoms with Crippen LogP contribution in [0.4, 0.5) is 10.6 Å². The molecule has 2 N–H and O–H groups in total. The molecule has 12 heteroatoms. The molecule has 0 spiro atoms. The van der Waals surface area contributed by atoms with Gasteiger partial charge in [0.2, 0.25) is 0 Å². The van der Waals surface area contributed by atoms with Gasteiger partial charge in [0.15, 0.2) is 5.65 Å². The molecule has 1 amide bonds. The van der Waals surface area contributed by atoms with Gasteiger partial charge >= 0.3 is 6.09 Å². The average Bonchev–Trinajstić information content (AvgIpc) is 3.45. The first-order chi connectivity index (χ1) is 23.1. The van der Waals surface area contributed by atoms with Gasteiger partial charge in [0.1, 0.15) is 40.7 Å². The number of carbonyl (C=O) groups is 1. The number of likely N-dealkylation sites (tertiary alicyclic amines) is 3. The number of hydrogen-bond acceptors (Lipinski definition) is 10. The van der Waals surface area contributed by atoms with Crippen LogP contribution >= 0.6 is 0 Å². The highest BCUT2D eigenvalue weighted by molar-refractivity contribution is 5.98. The van der Waals surface area contributed by atoms with Crippen molar-refractivity contribution in [1.82, 2.24) is 34.4 Å². The minimum absolute atomic E-state index is 0.198. The lowest BCUT2D eigenvalue weighted by molar-refractivity contribution is -0.0259. The molecule has 0 bridgehead atoms. The number of piperidine rings is 2. The van der Waals surface area contributed by atoms with Gasteiger partial charge < -0.3 is 29.7 Å². The van der Waals surface area contributed by atoms with E-state index in [9.17, 15) is 4.79 Å². The standard InChI is InChI=1S/C36H46N8O4/c1-36(2,3)48-35(45)43-21-27(22-43)42-17-13-25(14-18-42)41-19-15-26(16-20-41)44-34-31(33(37)38-23-39-34)32(40-44)24-5-7-29(8-6-24)47-30-11-9-28(46-4)10-12-30/h5-12,23,25-27H,13-22H2,1-4H3,(H2,37,38,39). The predicted molar refractivity (Wildman–Crippen MR) is 184 cm³/mol. The van der Waals surface area contributed by atoms with Crippen LogP contribution in [0.1, 0.15) is 52.5 Å². The Labute approximate surface area is 281 Å². The number of anilines is 1. The van der Waals surface area contributed by atoms with Crippen LogP contribution in [0.3, 0.4) is 0 Å². The zero-order valence-corrected chi connectivity index (χ0v) is 28.3. The highest BCUT2D eigenvalue weighted by atomic mass is 16.6. The molecule has 0 aliphatic carbocycles. The summed E-state index contributed by atoms with van der Waals surface area (Å²) in [5.41, 5.74) is 8.48. The smallest absolute Gasteiger partial charge is 0.410 e. The Kier molecular flexibility index (Phi) is 8.86. The van der Waals surface area contributed by atoms with E-state index in [0.717, 1.165) is 104 Å². The van der Waals surface area contributed by atoms with Crippen molar-refractivity contribution >= 4 is 22.9 Å². The number of nitrogen functional groups attached to an aromatic ring is 1. The van der Waals surface area contributed by atoms with Gasteiger partial charge in [-0.15, -0.1) is 0 Å². The molecule has 0 radical (unpaired) electrons. The molecule has 3 saturated heterocycles. The van der Waals surface area contributed by atoms with Crippen LogP contribution in [0, 0.1) is 0 Å². The number of methoxy groups -OCH3 is 1. The van der Waals surface area contributed by atoms with Crippen LogP contribution in [0.25, 0.3) is 22.3 Å². The number of fused-ring (bicyclic) bond motifs is 1. The molecule has 48 heavy (non-hydrogen) atoms. The first-order valence-electron chi connectivity index (χ1n) is 17.0. The number of benzene rings is 2. The third kappa shape index (κ3) is 6.77. The topological polar surface area (TPSA) is 124 Å². The number of carbonyl (C=O) groups excluding carboxylic acids is 1. The summed E-state index contributed by atoms with van der Waals surface area (Å²) in [5, 5.41) is 5.90. The first-order valence-corrected chi connectivity index (χ1v) is 17.0. The van der Waals surface area contributed by atoms with E-state index in [1.807, 2.05) is 74.2 Å². The Morgan fingerprint density at radius 3 is 1.96 bits per heavy atom.